The molecule has 3 aromatic heterocycles. The van der Waals surface area contributed by atoms with Gasteiger partial charge in [0, 0.05) is 23.0 Å². The molecule has 0 bridgehead atoms. The fourth-order valence-corrected chi connectivity index (χ4v) is 3.44. The highest BCUT2D eigenvalue weighted by Gasteiger charge is 2.19. The van der Waals surface area contributed by atoms with E-state index in [0.29, 0.717) is 5.95 Å². The fraction of sp³-hybridized carbons (Fsp3) is 0.148. The van der Waals surface area contributed by atoms with Crippen molar-refractivity contribution in [2.75, 3.05) is 10.6 Å². The van der Waals surface area contributed by atoms with Crippen molar-refractivity contribution in [1.29, 1.82) is 0 Å². The van der Waals surface area contributed by atoms with Crippen molar-refractivity contribution in [3.8, 4) is 17.1 Å². The van der Waals surface area contributed by atoms with Crippen LogP contribution in [0.1, 0.15) is 26.6 Å². The van der Waals surface area contributed by atoms with E-state index in [-0.39, 0.29) is 5.41 Å². The Morgan fingerprint density at radius 2 is 1.43 bits per heavy atom. The van der Waals surface area contributed by atoms with E-state index >= 15 is 0 Å². The number of hydrogen-bond donors (Lipinski definition) is 2. The normalized spacial score (nSPS) is 11.3. The van der Waals surface area contributed by atoms with Gasteiger partial charge in [0.05, 0.1) is 17.1 Å². The zero-order valence-corrected chi connectivity index (χ0v) is 19.8. The van der Waals surface area contributed by atoms with Crippen LogP contribution in [0.15, 0.2) is 91.4 Å². The number of anilines is 4. The van der Waals surface area contributed by atoms with Crippen LogP contribution in [0.2, 0.25) is 0 Å². The van der Waals surface area contributed by atoms with Crippen LogP contribution in [0, 0.1) is 0 Å². The van der Waals surface area contributed by atoms with E-state index in [1.807, 2.05) is 78.9 Å². The highest BCUT2D eigenvalue weighted by Crippen LogP contribution is 2.22. The van der Waals surface area contributed by atoms with Gasteiger partial charge in [-0.1, -0.05) is 45.0 Å². The molecule has 0 aliphatic heterocycles. The first-order valence-electron chi connectivity index (χ1n) is 11.4. The average molecular weight is 463 g/mol. The molecule has 0 radical (unpaired) electrons. The first kappa shape index (κ1) is 22.2. The second kappa shape index (κ2) is 9.34. The van der Waals surface area contributed by atoms with Crippen molar-refractivity contribution in [2.45, 2.75) is 26.2 Å². The lowest BCUT2D eigenvalue weighted by Gasteiger charge is -2.12. The van der Waals surface area contributed by atoms with Crippen LogP contribution >= 0.6 is 0 Å². The summed E-state index contributed by atoms with van der Waals surface area (Å²) in [6.07, 6.45) is 3.46. The standard InChI is InChI=1S/C27H26N8/c1-27(2,3)25-29-18-35(34-25)21-14-12-20(13-15-21)31-26-28-17-16-23(33-26)22-10-7-11-24(32-22)30-19-8-5-4-6-9-19/h4-18H,1-3H3,(H,30,32)(H,28,31,33). The summed E-state index contributed by atoms with van der Waals surface area (Å²) in [6.45, 7) is 6.29. The molecule has 0 saturated heterocycles. The third-order valence-electron chi connectivity index (χ3n) is 5.26. The van der Waals surface area contributed by atoms with Crippen LogP contribution < -0.4 is 10.6 Å². The predicted octanol–water partition coefficient (Wildman–Crippen LogP) is 5.90. The minimum Gasteiger partial charge on any atom is -0.340 e. The molecule has 8 heteroatoms. The number of para-hydroxylation sites is 1. The van der Waals surface area contributed by atoms with Gasteiger partial charge in [0.25, 0.3) is 0 Å². The summed E-state index contributed by atoms with van der Waals surface area (Å²) in [7, 11) is 0. The number of rotatable bonds is 6. The summed E-state index contributed by atoms with van der Waals surface area (Å²) in [4.78, 5) is 18.2. The molecule has 0 unspecified atom stereocenters. The van der Waals surface area contributed by atoms with Crippen LogP contribution in [-0.2, 0) is 5.41 Å². The number of nitrogens with one attached hydrogen (secondary N) is 2. The lowest BCUT2D eigenvalue weighted by atomic mass is 9.96. The third kappa shape index (κ3) is 5.33. The summed E-state index contributed by atoms with van der Waals surface area (Å²) in [5, 5.41) is 11.2. The highest BCUT2D eigenvalue weighted by molar-refractivity contribution is 5.63. The van der Waals surface area contributed by atoms with Crippen molar-refractivity contribution in [2.24, 2.45) is 0 Å². The van der Waals surface area contributed by atoms with Crippen molar-refractivity contribution < 1.29 is 0 Å². The second-order valence-electron chi connectivity index (χ2n) is 9.10. The first-order valence-corrected chi connectivity index (χ1v) is 11.4. The monoisotopic (exact) mass is 462 g/mol. The smallest absolute Gasteiger partial charge is 0.227 e. The van der Waals surface area contributed by atoms with E-state index in [0.717, 1.165) is 40.1 Å². The van der Waals surface area contributed by atoms with Crippen LogP contribution in [0.25, 0.3) is 17.1 Å². The van der Waals surface area contributed by atoms with Gasteiger partial charge in [0.2, 0.25) is 5.95 Å². The van der Waals surface area contributed by atoms with Gasteiger partial charge < -0.3 is 10.6 Å². The first-order chi connectivity index (χ1) is 16.9. The molecule has 2 aromatic carbocycles. The Balaban J connectivity index is 1.31. The Morgan fingerprint density at radius 1 is 0.686 bits per heavy atom. The zero-order valence-electron chi connectivity index (χ0n) is 19.8. The highest BCUT2D eigenvalue weighted by atomic mass is 15.3. The van der Waals surface area contributed by atoms with E-state index in [2.05, 4.69) is 51.5 Å². The Hall–Kier alpha value is -4.59. The fourth-order valence-electron chi connectivity index (χ4n) is 3.44. The number of hydrogen-bond acceptors (Lipinski definition) is 7. The Bertz CT molecular complexity index is 1420. The van der Waals surface area contributed by atoms with E-state index in [1.165, 1.54) is 0 Å². The van der Waals surface area contributed by atoms with Gasteiger partial charge in [-0.3, -0.25) is 0 Å². The van der Waals surface area contributed by atoms with Crippen molar-refractivity contribution >= 4 is 23.1 Å². The third-order valence-corrected chi connectivity index (χ3v) is 5.26. The predicted molar refractivity (Wildman–Crippen MR) is 138 cm³/mol. The molecule has 5 aromatic rings. The Kier molecular flexibility index (Phi) is 5.93. The summed E-state index contributed by atoms with van der Waals surface area (Å²) < 4.78 is 1.78. The zero-order chi connectivity index (χ0) is 24.3. The molecule has 8 nitrogen and oxygen atoms in total. The molecule has 0 saturated carbocycles. The molecule has 5 rings (SSSR count). The molecule has 0 fully saturated rings. The molecule has 174 valence electrons. The molecule has 35 heavy (non-hydrogen) atoms. The molecule has 0 aliphatic carbocycles. The van der Waals surface area contributed by atoms with E-state index in [1.54, 1.807) is 17.2 Å². The molecule has 2 N–H and O–H groups in total. The van der Waals surface area contributed by atoms with Crippen LogP contribution in [0.3, 0.4) is 0 Å². The van der Waals surface area contributed by atoms with Crippen molar-refractivity contribution in [1.82, 2.24) is 29.7 Å². The van der Waals surface area contributed by atoms with Crippen molar-refractivity contribution in [3.05, 3.63) is 97.2 Å². The molecular weight excluding hydrogens is 436 g/mol. The Morgan fingerprint density at radius 3 is 2.17 bits per heavy atom. The number of benzene rings is 2. The lowest BCUT2D eigenvalue weighted by molar-refractivity contribution is 0.543. The van der Waals surface area contributed by atoms with Gasteiger partial charge in [-0.2, -0.15) is 5.10 Å². The number of pyridine rings is 1. The van der Waals surface area contributed by atoms with E-state index in [4.69, 9.17) is 4.98 Å². The topological polar surface area (TPSA) is 93.4 Å². The number of nitrogens with zero attached hydrogens (tertiary/aromatic N) is 6. The summed E-state index contributed by atoms with van der Waals surface area (Å²) >= 11 is 0. The van der Waals surface area contributed by atoms with Gasteiger partial charge in [-0.15, -0.1) is 0 Å². The summed E-state index contributed by atoms with van der Waals surface area (Å²) in [5.41, 5.74) is 4.17. The molecule has 0 aliphatic rings. The minimum absolute atomic E-state index is 0.0961. The molecule has 0 amide bonds. The van der Waals surface area contributed by atoms with Crippen LogP contribution in [0.5, 0.6) is 0 Å². The maximum absolute atomic E-state index is 4.71. The Labute approximate surface area is 204 Å². The summed E-state index contributed by atoms with van der Waals surface area (Å²) in [5.74, 6) is 2.05. The van der Waals surface area contributed by atoms with Gasteiger partial charge in [0.1, 0.15) is 12.1 Å². The largest absolute Gasteiger partial charge is 0.340 e. The van der Waals surface area contributed by atoms with Gasteiger partial charge in [0.15, 0.2) is 5.82 Å². The second-order valence-corrected chi connectivity index (χ2v) is 9.10. The minimum atomic E-state index is -0.0961. The molecular formula is C27H26N8. The van der Waals surface area contributed by atoms with Crippen LogP contribution in [-0.4, -0.2) is 29.7 Å². The van der Waals surface area contributed by atoms with E-state index < -0.39 is 0 Å². The summed E-state index contributed by atoms with van der Waals surface area (Å²) in [6, 6.07) is 25.5. The van der Waals surface area contributed by atoms with E-state index in [9.17, 15) is 0 Å². The van der Waals surface area contributed by atoms with Gasteiger partial charge in [-0.25, -0.2) is 24.6 Å². The average Bonchev–Trinajstić information content (AvgIpc) is 3.37. The SMILES string of the molecule is CC(C)(C)c1ncn(-c2ccc(Nc3nccc(-c4cccc(Nc5ccccc5)n4)n3)cc2)n1. The van der Waals surface area contributed by atoms with Crippen LogP contribution in [0.4, 0.5) is 23.1 Å². The molecule has 0 atom stereocenters. The molecule has 3 heterocycles. The quantitative estimate of drug-likeness (QED) is 0.324. The van der Waals surface area contributed by atoms with Crippen molar-refractivity contribution in [3.63, 3.8) is 0 Å². The van der Waals surface area contributed by atoms with Gasteiger partial charge in [-0.05, 0) is 54.6 Å². The maximum Gasteiger partial charge on any atom is 0.227 e. The lowest BCUT2D eigenvalue weighted by Crippen LogP contribution is -2.14. The number of aromatic nitrogens is 6. The molecule has 0 spiro atoms. The maximum atomic E-state index is 4.71. The van der Waals surface area contributed by atoms with Gasteiger partial charge >= 0.3 is 0 Å².